The standard InChI is InChI=1S/C20H20ClNO3/c1-13-10-16(11-14(2)19(13)21)25-9-5-8-22-17-7-4-3-6-15(17)12-18(22)20(23)24/h3-4,6-7,10-12H,5,8-9H2,1-2H3,(H,23,24). The molecule has 0 radical (unpaired) electrons. The molecule has 0 spiro atoms. The summed E-state index contributed by atoms with van der Waals surface area (Å²) in [5, 5.41) is 11.1. The summed E-state index contributed by atoms with van der Waals surface area (Å²) < 4.78 is 7.65. The average molecular weight is 358 g/mol. The molecule has 0 aliphatic heterocycles. The van der Waals surface area contributed by atoms with Gasteiger partial charge in [-0.2, -0.15) is 0 Å². The van der Waals surface area contributed by atoms with Gasteiger partial charge in [0.15, 0.2) is 0 Å². The lowest BCUT2D eigenvalue weighted by Gasteiger charge is -2.11. The van der Waals surface area contributed by atoms with Crippen LogP contribution in [0.4, 0.5) is 0 Å². The van der Waals surface area contributed by atoms with Crippen molar-refractivity contribution in [1.29, 1.82) is 0 Å². The third-order valence-electron chi connectivity index (χ3n) is 4.23. The highest BCUT2D eigenvalue weighted by atomic mass is 35.5. The van der Waals surface area contributed by atoms with E-state index in [0.717, 1.165) is 32.8 Å². The van der Waals surface area contributed by atoms with Crippen molar-refractivity contribution < 1.29 is 14.6 Å². The van der Waals surface area contributed by atoms with Crippen LogP contribution in [-0.4, -0.2) is 22.2 Å². The molecule has 3 rings (SSSR count). The molecule has 1 N–H and O–H groups in total. The van der Waals surface area contributed by atoms with Gasteiger partial charge in [-0.3, -0.25) is 0 Å². The third kappa shape index (κ3) is 3.64. The summed E-state index contributed by atoms with van der Waals surface area (Å²) in [5.41, 5.74) is 3.21. The van der Waals surface area contributed by atoms with Crippen LogP contribution >= 0.6 is 11.6 Å². The number of carboxylic acid groups (broad SMARTS) is 1. The van der Waals surface area contributed by atoms with E-state index in [-0.39, 0.29) is 0 Å². The van der Waals surface area contributed by atoms with Crippen LogP contribution in [0.1, 0.15) is 28.0 Å². The van der Waals surface area contributed by atoms with Crippen LogP contribution in [0.5, 0.6) is 5.75 Å². The van der Waals surface area contributed by atoms with Gasteiger partial charge in [-0.05, 0) is 55.7 Å². The molecule has 0 aliphatic rings. The predicted molar refractivity (Wildman–Crippen MR) is 99.9 cm³/mol. The van der Waals surface area contributed by atoms with Crippen LogP contribution in [0.3, 0.4) is 0 Å². The van der Waals surface area contributed by atoms with Crippen LogP contribution in [0.2, 0.25) is 5.02 Å². The van der Waals surface area contributed by atoms with E-state index in [1.165, 1.54) is 0 Å². The lowest BCUT2D eigenvalue weighted by Crippen LogP contribution is -2.11. The molecule has 5 heteroatoms. The number of rotatable bonds is 6. The summed E-state index contributed by atoms with van der Waals surface area (Å²) in [6, 6.07) is 13.2. The fourth-order valence-corrected chi connectivity index (χ4v) is 3.14. The van der Waals surface area contributed by atoms with Gasteiger partial charge >= 0.3 is 5.97 Å². The number of benzene rings is 2. The molecule has 0 fully saturated rings. The number of fused-ring (bicyclic) bond motifs is 1. The van der Waals surface area contributed by atoms with Gasteiger partial charge in [0.25, 0.3) is 0 Å². The lowest BCUT2D eigenvalue weighted by molar-refractivity contribution is 0.0685. The maximum atomic E-state index is 11.5. The van der Waals surface area contributed by atoms with E-state index < -0.39 is 5.97 Å². The molecule has 0 amide bonds. The highest BCUT2D eigenvalue weighted by Gasteiger charge is 2.14. The second-order valence-corrected chi connectivity index (χ2v) is 6.50. The Labute approximate surface area is 151 Å². The first-order valence-corrected chi connectivity index (χ1v) is 8.56. The minimum absolute atomic E-state index is 0.305. The fourth-order valence-electron chi connectivity index (χ4n) is 3.03. The van der Waals surface area contributed by atoms with E-state index in [1.807, 2.05) is 54.8 Å². The zero-order valence-corrected chi connectivity index (χ0v) is 15.0. The number of carboxylic acids is 1. The minimum Gasteiger partial charge on any atom is -0.494 e. The van der Waals surface area contributed by atoms with E-state index in [1.54, 1.807) is 6.07 Å². The van der Waals surface area contributed by atoms with Crippen LogP contribution in [0.15, 0.2) is 42.5 Å². The number of para-hydroxylation sites is 1. The van der Waals surface area contributed by atoms with Crippen molar-refractivity contribution in [1.82, 2.24) is 4.57 Å². The van der Waals surface area contributed by atoms with Gasteiger partial charge < -0.3 is 14.4 Å². The largest absolute Gasteiger partial charge is 0.494 e. The maximum Gasteiger partial charge on any atom is 0.352 e. The van der Waals surface area contributed by atoms with Crippen molar-refractivity contribution in [3.63, 3.8) is 0 Å². The summed E-state index contributed by atoms with van der Waals surface area (Å²) >= 11 is 6.17. The molecule has 0 bridgehead atoms. The van der Waals surface area contributed by atoms with Crippen molar-refractivity contribution in [2.45, 2.75) is 26.8 Å². The minimum atomic E-state index is -0.916. The van der Waals surface area contributed by atoms with Gasteiger partial charge in [-0.25, -0.2) is 4.79 Å². The number of aryl methyl sites for hydroxylation is 3. The second-order valence-electron chi connectivity index (χ2n) is 6.12. The molecule has 130 valence electrons. The molecule has 0 saturated carbocycles. The summed E-state index contributed by atoms with van der Waals surface area (Å²) in [6.07, 6.45) is 0.708. The molecule has 4 nitrogen and oxygen atoms in total. The Morgan fingerprint density at radius 2 is 1.84 bits per heavy atom. The highest BCUT2D eigenvalue weighted by Crippen LogP contribution is 2.26. The van der Waals surface area contributed by atoms with Crippen LogP contribution < -0.4 is 4.74 Å². The van der Waals surface area contributed by atoms with Crippen LogP contribution in [0, 0.1) is 13.8 Å². The number of aromatic nitrogens is 1. The molecule has 0 saturated heterocycles. The molecule has 0 aliphatic carbocycles. The van der Waals surface area contributed by atoms with Gasteiger partial charge in [0.2, 0.25) is 0 Å². The Morgan fingerprint density at radius 1 is 1.16 bits per heavy atom. The molecule has 1 aromatic heterocycles. The van der Waals surface area contributed by atoms with Crippen molar-refractivity contribution in [3.05, 3.63) is 64.3 Å². The van der Waals surface area contributed by atoms with Crippen LogP contribution in [0.25, 0.3) is 10.9 Å². The van der Waals surface area contributed by atoms with Gasteiger partial charge in [0, 0.05) is 22.5 Å². The van der Waals surface area contributed by atoms with Gasteiger partial charge in [-0.1, -0.05) is 29.8 Å². The number of ether oxygens (including phenoxy) is 1. The number of aromatic carboxylic acids is 1. The normalized spacial score (nSPS) is 11.0. The number of hydrogen-bond donors (Lipinski definition) is 1. The zero-order chi connectivity index (χ0) is 18.0. The SMILES string of the molecule is Cc1cc(OCCCn2c(C(=O)O)cc3ccccc32)cc(C)c1Cl. The van der Waals surface area contributed by atoms with Gasteiger partial charge in [-0.15, -0.1) is 0 Å². The van der Waals surface area contributed by atoms with Crippen molar-refractivity contribution in [2.75, 3.05) is 6.61 Å². The number of halogens is 1. The lowest BCUT2D eigenvalue weighted by atomic mass is 10.1. The first-order valence-electron chi connectivity index (χ1n) is 8.18. The molecule has 1 heterocycles. The molecule has 25 heavy (non-hydrogen) atoms. The highest BCUT2D eigenvalue weighted by molar-refractivity contribution is 6.32. The van der Waals surface area contributed by atoms with Crippen molar-refractivity contribution >= 4 is 28.5 Å². The van der Waals surface area contributed by atoms with E-state index >= 15 is 0 Å². The smallest absolute Gasteiger partial charge is 0.352 e. The fraction of sp³-hybridized carbons (Fsp3) is 0.250. The summed E-state index contributed by atoms with van der Waals surface area (Å²) in [7, 11) is 0. The topological polar surface area (TPSA) is 51.5 Å². The molecular formula is C20H20ClNO3. The Kier molecular flexibility index (Phi) is 5.00. The quantitative estimate of drug-likeness (QED) is 0.626. The number of hydrogen-bond acceptors (Lipinski definition) is 2. The van der Waals surface area contributed by atoms with E-state index in [2.05, 4.69) is 0 Å². The van der Waals surface area contributed by atoms with Gasteiger partial charge in [0.05, 0.1) is 6.61 Å². The number of nitrogens with zero attached hydrogens (tertiary/aromatic N) is 1. The monoisotopic (exact) mass is 357 g/mol. The zero-order valence-electron chi connectivity index (χ0n) is 14.3. The Bertz CT molecular complexity index is 907. The van der Waals surface area contributed by atoms with Crippen molar-refractivity contribution in [2.24, 2.45) is 0 Å². The van der Waals surface area contributed by atoms with E-state index in [4.69, 9.17) is 16.3 Å². The third-order valence-corrected chi connectivity index (χ3v) is 4.83. The molecular weight excluding hydrogens is 338 g/mol. The average Bonchev–Trinajstić information content (AvgIpc) is 2.95. The summed E-state index contributed by atoms with van der Waals surface area (Å²) in [4.78, 5) is 11.5. The first-order chi connectivity index (χ1) is 12.0. The molecule has 3 aromatic rings. The Hall–Kier alpha value is -2.46. The molecule has 0 atom stereocenters. The van der Waals surface area contributed by atoms with Crippen molar-refractivity contribution in [3.8, 4) is 5.75 Å². The van der Waals surface area contributed by atoms with E-state index in [0.29, 0.717) is 25.3 Å². The maximum absolute atomic E-state index is 11.5. The van der Waals surface area contributed by atoms with Crippen LogP contribution in [-0.2, 0) is 6.54 Å². The summed E-state index contributed by atoms with van der Waals surface area (Å²) in [5.74, 6) is -0.128. The predicted octanol–water partition coefficient (Wildman–Crippen LogP) is 5.08. The molecule has 2 aromatic carbocycles. The number of carbonyl (C=O) groups is 1. The summed E-state index contributed by atoms with van der Waals surface area (Å²) in [6.45, 7) is 4.99. The molecule has 0 unspecified atom stereocenters. The van der Waals surface area contributed by atoms with Gasteiger partial charge in [0.1, 0.15) is 11.4 Å². The second kappa shape index (κ2) is 7.19. The first kappa shape index (κ1) is 17.4. The van der Waals surface area contributed by atoms with E-state index in [9.17, 15) is 9.90 Å². The Balaban J connectivity index is 1.69. The Morgan fingerprint density at radius 3 is 2.52 bits per heavy atom.